The largest absolute Gasteiger partial charge is 0.452 e. The number of para-hydroxylation sites is 1. The lowest BCUT2D eigenvalue weighted by Crippen LogP contribution is -2.07. The van der Waals surface area contributed by atoms with Crippen LogP contribution >= 0.6 is 0 Å². The van der Waals surface area contributed by atoms with Crippen molar-refractivity contribution in [2.24, 2.45) is 0 Å². The molecule has 0 radical (unpaired) electrons. The van der Waals surface area contributed by atoms with E-state index < -0.39 is 0 Å². The van der Waals surface area contributed by atoms with Gasteiger partial charge in [0.1, 0.15) is 5.75 Å². The average molecular weight is 191 g/mol. The molecule has 0 atom stereocenters. The number of ether oxygens (including phenoxy) is 1. The van der Waals surface area contributed by atoms with Gasteiger partial charge < -0.3 is 9.64 Å². The van der Waals surface area contributed by atoms with Gasteiger partial charge >= 0.3 is 0 Å². The Hall–Kier alpha value is -1.77. The summed E-state index contributed by atoms with van der Waals surface area (Å²) < 4.78 is 5.33. The van der Waals surface area contributed by atoms with Crippen molar-refractivity contribution in [3.05, 3.63) is 42.3 Å². The van der Waals surface area contributed by atoms with Gasteiger partial charge in [-0.2, -0.15) is 0 Å². The van der Waals surface area contributed by atoms with Gasteiger partial charge in [-0.25, -0.2) is 0 Å². The van der Waals surface area contributed by atoms with E-state index in [-0.39, 0.29) is 0 Å². The van der Waals surface area contributed by atoms with Crippen LogP contribution in [0.1, 0.15) is 0 Å². The van der Waals surface area contributed by atoms with E-state index in [2.05, 4.69) is 0 Å². The molecule has 0 heterocycles. The van der Waals surface area contributed by atoms with Crippen LogP contribution in [0, 0.1) is 0 Å². The zero-order chi connectivity index (χ0) is 10.4. The number of allylic oxidation sites excluding steroid dienone is 1. The molecule has 14 heavy (non-hydrogen) atoms. The molecular weight excluding hydrogens is 178 g/mol. The van der Waals surface area contributed by atoms with Crippen LogP contribution < -0.4 is 4.74 Å². The van der Waals surface area contributed by atoms with Crippen LogP contribution in [0.4, 0.5) is 0 Å². The van der Waals surface area contributed by atoms with Crippen molar-refractivity contribution in [3.8, 4) is 5.75 Å². The molecule has 0 bridgehead atoms. The molecule has 0 saturated carbocycles. The van der Waals surface area contributed by atoms with Crippen LogP contribution in [0.25, 0.3) is 0 Å². The van der Waals surface area contributed by atoms with Crippen LogP contribution in [0.2, 0.25) is 0 Å². The first-order valence-corrected chi connectivity index (χ1v) is 4.28. The van der Waals surface area contributed by atoms with E-state index in [4.69, 9.17) is 4.74 Å². The van der Waals surface area contributed by atoms with Gasteiger partial charge in [0, 0.05) is 20.3 Å². The van der Waals surface area contributed by atoms with Crippen molar-refractivity contribution < 1.29 is 9.53 Å². The minimum absolute atomic E-state index is 0.293. The van der Waals surface area contributed by atoms with Crippen LogP contribution in [-0.2, 0) is 4.79 Å². The fourth-order valence-electron chi connectivity index (χ4n) is 0.960. The van der Waals surface area contributed by atoms with Gasteiger partial charge in [-0.1, -0.05) is 18.2 Å². The summed E-state index contributed by atoms with van der Waals surface area (Å²) in [6, 6.07) is 9.20. The third kappa shape index (κ3) is 3.31. The molecule has 0 N–H and O–H groups in total. The molecule has 74 valence electrons. The Morgan fingerprint density at radius 1 is 1.29 bits per heavy atom. The van der Waals surface area contributed by atoms with Gasteiger partial charge in [0.05, 0.1) is 0 Å². The third-order valence-corrected chi connectivity index (χ3v) is 1.48. The minimum atomic E-state index is 0.293. The van der Waals surface area contributed by atoms with Gasteiger partial charge in [-0.05, 0) is 12.1 Å². The predicted molar refractivity (Wildman–Crippen MR) is 54.9 cm³/mol. The molecule has 0 aliphatic carbocycles. The maximum atomic E-state index is 10.6. The molecule has 0 aliphatic heterocycles. The summed E-state index contributed by atoms with van der Waals surface area (Å²) >= 11 is 0. The molecule has 3 heteroatoms. The molecule has 1 rings (SSSR count). The van der Waals surface area contributed by atoms with Crippen LogP contribution in [0.5, 0.6) is 5.75 Å². The van der Waals surface area contributed by atoms with E-state index in [1.807, 2.05) is 32.3 Å². The van der Waals surface area contributed by atoms with E-state index in [0.717, 1.165) is 0 Å². The van der Waals surface area contributed by atoms with Crippen LogP contribution in [-0.4, -0.2) is 25.3 Å². The van der Waals surface area contributed by atoms with E-state index in [0.29, 0.717) is 17.8 Å². The normalized spacial score (nSPS) is 10.9. The molecule has 1 aromatic rings. The zero-order valence-electron chi connectivity index (χ0n) is 8.31. The van der Waals surface area contributed by atoms with Gasteiger partial charge in [0.15, 0.2) is 12.0 Å². The van der Waals surface area contributed by atoms with Crippen LogP contribution in [0.3, 0.4) is 0 Å². The van der Waals surface area contributed by atoms with E-state index in [9.17, 15) is 4.79 Å². The highest BCUT2D eigenvalue weighted by Gasteiger charge is 1.98. The number of hydrogen-bond donors (Lipinski definition) is 0. The molecule has 0 aromatic heterocycles. The molecule has 0 fully saturated rings. The Kier molecular flexibility index (Phi) is 3.73. The second-order valence-electron chi connectivity index (χ2n) is 3.03. The number of benzene rings is 1. The fraction of sp³-hybridized carbons (Fsp3) is 0.182. The lowest BCUT2D eigenvalue weighted by molar-refractivity contribution is -0.106. The first-order valence-electron chi connectivity index (χ1n) is 4.28. The van der Waals surface area contributed by atoms with Gasteiger partial charge in [0.25, 0.3) is 0 Å². The number of carbonyl (C=O) groups excluding carboxylic acids is 1. The van der Waals surface area contributed by atoms with Crippen molar-refractivity contribution in [2.45, 2.75) is 0 Å². The summed E-state index contributed by atoms with van der Waals surface area (Å²) in [5.41, 5.74) is 0. The monoisotopic (exact) mass is 191 g/mol. The fourth-order valence-corrected chi connectivity index (χ4v) is 0.960. The van der Waals surface area contributed by atoms with Gasteiger partial charge in [-0.15, -0.1) is 0 Å². The molecule has 0 aliphatic rings. The van der Waals surface area contributed by atoms with Crippen molar-refractivity contribution in [1.29, 1.82) is 0 Å². The Morgan fingerprint density at radius 3 is 2.43 bits per heavy atom. The van der Waals surface area contributed by atoms with Crippen molar-refractivity contribution in [3.63, 3.8) is 0 Å². The van der Waals surface area contributed by atoms with Gasteiger partial charge in [0.2, 0.25) is 0 Å². The number of carbonyl (C=O) groups is 1. The summed E-state index contributed by atoms with van der Waals surface area (Å²) in [5.74, 6) is 0.953. The summed E-state index contributed by atoms with van der Waals surface area (Å²) in [5, 5.41) is 0. The SMILES string of the molecule is CN(C)/C=C(/C=O)Oc1ccccc1. The van der Waals surface area contributed by atoms with E-state index in [1.54, 1.807) is 23.2 Å². The quantitative estimate of drug-likeness (QED) is 0.412. The second-order valence-corrected chi connectivity index (χ2v) is 3.03. The van der Waals surface area contributed by atoms with E-state index >= 15 is 0 Å². The smallest absolute Gasteiger partial charge is 0.186 e. The van der Waals surface area contributed by atoms with E-state index in [1.165, 1.54) is 0 Å². The van der Waals surface area contributed by atoms with Crippen LogP contribution in [0.15, 0.2) is 42.3 Å². The summed E-state index contributed by atoms with van der Waals surface area (Å²) in [4.78, 5) is 12.4. The molecular formula is C11H13NO2. The molecule has 3 nitrogen and oxygen atoms in total. The zero-order valence-corrected chi connectivity index (χ0v) is 8.31. The first-order chi connectivity index (χ1) is 6.72. The lowest BCUT2D eigenvalue weighted by Gasteiger charge is -2.08. The molecule has 0 amide bonds. The summed E-state index contributed by atoms with van der Waals surface area (Å²) in [6.07, 6.45) is 2.31. The highest BCUT2D eigenvalue weighted by molar-refractivity contribution is 5.70. The molecule has 0 unspecified atom stereocenters. The molecule has 0 saturated heterocycles. The number of aldehydes is 1. The maximum Gasteiger partial charge on any atom is 0.186 e. The number of hydrogen-bond acceptors (Lipinski definition) is 3. The average Bonchev–Trinajstić information content (AvgIpc) is 2.17. The Morgan fingerprint density at radius 2 is 1.93 bits per heavy atom. The topological polar surface area (TPSA) is 29.5 Å². The molecule has 1 aromatic carbocycles. The number of nitrogens with zero attached hydrogens (tertiary/aromatic N) is 1. The predicted octanol–water partition coefficient (Wildman–Crippen LogP) is 1.67. The summed E-state index contributed by atoms with van der Waals surface area (Å²) in [6.45, 7) is 0. The maximum absolute atomic E-state index is 10.6. The van der Waals surface area contributed by atoms with Gasteiger partial charge in [-0.3, -0.25) is 4.79 Å². The Balaban J connectivity index is 2.71. The highest BCUT2D eigenvalue weighted by Crippen LogP contribution is 2.11. The second kappa shape index (κ2) is 5.07. The lowest BCUT2D eigenvalue weighted by atomic mass is 10.3. The highest BCUT2D eigenvalue weighted by atomic mass is 16.5. The first kappa shape index (κ1) is 10.3. The van der Waals surface area contributed by atoms with Crippen molar-refractivity contribution >= 4 is 6.29 Å². The molecule has 0 spiro atoms. The van der Waals surface area contributed by atoms with Crippen molar-refractivity contribution in [2.75, 3.05) is 14.1 Å². The van der Waals surface area contributed by atoms with Crippen molar-refractivity contribution in [1.82, 2.24) is 4.90 Å². The standard InChI is InChI=1S/C11H13NO2/c1-12(2)8-11(9-13)14-10-6-4-3-5-7-10/h3-9H,1-2H3/b11-8-. The minimum Gasteiger partial charge on any atom is -0.452 e. The number of rotatable bonds is 4. The Labute approximate surface area is 83.6 Å². The third-order valence-electron chi connectivity index (χ3n) is 1.48. The summed E-state index contributed by atoms with van der Waals surface area (Å²) in [7, 11) is 3.66. The Bertz CT molecular complexity index is 317.